The van der Waals surface area contributed by atoms with Gasteiger partial charge in [0.2, 0.25) is 0 Å². The molecule has 0 unspecified atom stereocenters. The predicted molar refractivity (Wildman–Crippen MR) is 130 cm³/mol. The van der Waals surface area contributed by atoms with Crippen LogP contribution in [0.3, 0.4) is 0 Å². The standard InChI is InChI=1S/C27H22F2S2/c1-17-22(15-24(30-17)19-9-5-3-6-10-19)21-13-14-27(28,29)26(21)23-16-25(31-18(23)2)20-11-7-4-8-12-20/h3-12,15-16H,13-14H2,1-2H3. The molecule has 0 nitrogen and oxygen atoms in total. The van der Waals surface area contributed by atoms with Gasteiger partial charge in [-0.3, -0.25) is 0 Å². The molecule has 2 aromatic heterocycles. The lowest BCUT2D eigenvalue weighted by Crippen LogP contribution is -2.13. The first kappa shape index (κ1) is 20.3. The largest absolute Gasteiger partial charge is 0.274 e. The minimum absolute atomic E-state index is 0.121. The van der Waals surface area contributed by atoms with Crippen molar-refractivity contribution in [3.8, 4) is 20.9 Å². The summed E-state index contributed by atoms with van der Waals surface area (Å²) >= 11 is 3.28. The number of hydrogen-bond acceptors (Lipinski definition) is 2. The normalized spacial score (nSPS) is 15.6. The number of rotatable bonds is 4. The Morgan fingerprint density at radius 2 is 1.19 bits per heavy atom. The van der Waals surface area contributed by atoms with Crippen LogP contribution in [0.15, 0.2) is 72.8 Å². The van der Waals surface area contributed by atoms with Crippen molar-refractivity contribution >= 4 is 33.8 Å². The van der Waals surface area contributed by atoms with Gasteiger partial charge in [-0.2, -0.15) is 0 Å². The van der Waals surface area contributed by atoms with E-state index in [2.05, 4.69) is 18.2 Å². The van der Waals surface area contributed by atoms with Crippen molar-refractivity contribution < 1.29 is 8.78 Å². The average Bonchev–Trinajstić information content (AvgIpc) is 3.43. The Hall–Kier alpha value is -2.56. The number of thiophene rings is 2. The third-order valence-electron chi connectivity index (χ3n) is 5.90. The van der Waals surface area contributed by atoms with Crippen LogP contribution in [0.5, 0.6) is 0 Å². The van der Waals surface area contributed by atoms with Gasteiger partial charge in [0, 0.05) is 31.5 Å². The molecular weight excluding hydrogens is 426 g/mol. The molecular formula is C27H22F2S2. The smallest absolute Gasteiger partial charge is 0.201 e. The first-order chi connectivity index (χ1) is 14.9. The molecule has 0 atom stereocenters. The van der Waals surface area contributed by atoms with Crippen LogP contribution in [0.25, 0.3) is 32.0 Å². The van der Waals surface area contributed by atoms with Crippen LogP contribution in [-0.4, -0.2) is 5.92 Å². The van der Waals surface area contributed by atoms with Crippen LogP contribution in [0.2, 0.25) is 0 Å². The van der Waals surface area contributed by atoms with Gasteiger partial charge >= 0.3 is 0 Å². The summed E-state index contributed by atoms with van der Waals surface area (Å²) in [5, 5.41) is 0. The molecule has 0 radical (unpaired) electrons. The fourth-order valence-corrected chi connectivity index (χ4v) is 6.47. The van der Waals surface area contributed by atoms with Gasteiger partial charge in [0.1, 0.15) is 0 Å². The van der Waals surface area contributed by atoms with E-state index >= 15 is 8.78 Å². The summed E-state index contributed by atoms with van der Waals surface area (Å²) in [4.78, 5) is 4.21. The van der Waals surface area contributed by atoms with E-state index in [0.29, 0.717) is 12.0 Å². The van der Waals surface area contributed by atoms with Gasteiger partial charge in [-0.1, -0.05) is 60.7 Å². The highest BCUT2D eigenvalue weighted by atomic mass is 32.1. The van der Waals surface area contributed by atoms with E-state index in [1.54, 1.807) is 22.7 Å². The zero-order valence-corrected chi connectivity index (χ0v) is 19.0. The van der Waals surface area contributed by atoms with Crippen LogP contribution in [0.4, 0.5) is 8.78 Å². The molecule has 0 saturated heterocycles. The summed E-state index contributed by atoms with van der Waals surface area (Å²) in [6, 6.07) is 24.2. The monoisotopic (exact) mass is 448 g/mol. The van der Waals surface area contributed by atoms with Crippen LogP contribution in [0, 0.1) is 13.8 Å². The van der Waals surface area contributed by atoms with Gasteiger partial charge < -0.3 is 0 Å². The van der Waals surface area contributed by atoms with Crippen molar-refractivity contribution in [3.63, 3.8) is 0 Å². The topological polar surface area (TPSA) is 0 Å². The van der Waals surface area contributed by atoms with E-state index in [-0.39, 0.29) is 12.0 Å². The zero-order valence-electron chi connectivity index (χ0n) is 17.4. The molecule has 0 saturated carbocycles. The maximum Gasteiger partial charge on any atom is 0.274 e. The number of allylic oxidation sites excluding steroid dienone is 2. The SMILES string of the molecule is Cc1sc(-c2ccccc2)cc1C1=C(c2cc(-c3ccccc3)sc2C)C(F)(F)CC1. The maximum absolute atomic E-state index is 15.2. The molecule has 0 spiro atoms. The van der Waals surface area contributed by atoms with E-state index in [1.165, 1.54) is 0 Å². The molecule has 1 aliphatic rings. The first-order valence-electron chi connectivity index (χ1n) is 10.4. The second-order valence-corrected chi connectivity index (χ2v) is 10.5. The molecule has 0 aliphatic heterocycles. The maximum atomic E-state index is 15.2. The first-order valence-corrected chi connectivity index (χ1v) is 12.0. The van der Waals surface area contributed by atoms with E-state index in [1.807, 2.05) is 68.4 Å². The lowest BCUT2D eigenvalue weighted by atomic mass is 9.95. The second-order valence-electron chi connectivity index (χ2n) is 7.95. The molecule has 0 amide bonds. The van der Waals surface area contributed by atoms with Gasteiger partial charge in [-0.05, 0) is 60.2 Å². The molecule has 4 aromatic rings. The Morgan fingerprint density at radius 3 is 1.74 bits per heavy atom. The Kier molecular flexibility index (Phi) is 5.15. The van der Waals surface area contributed by atoms with Gasteiger partial charge in [0.05, 0.1) is 0 Å². The van der Waals surface area contributed by atoms with Crippen molar-refractivity contribution in [2.45, 2.75) is 32.6 Å². The molecule has 2 aromatic carbocycles. The van der Waals surface area contributed by atoms with E-state index < -0.39 is 5.92 Å². The number of hydrogen-bond donors (Lipinski definition) is 0. The van der Waals surface area contributed by atoms with Gasteiger partial charge in [0.15, 0.2) is 0 Å². The van der Waals surface area contributed by atoms with E-state index in [4.69, 9.17) is 0 Å². The van der Waals surface area contributed by atoms with Crippen molar-refractivity contribution in [1.82, 2.24) is 0 Å². The molecule has 0 fully saturated rings. The van der Waals surface area contributed by atoms with Gasteiger partial charge in [-0.15, -0.1) is 22.7 Å². The summed E-state index contributed by atoms with van der Waals surface area (Å²) in [7, 11) is 0. The second kappa shape index (κ2) is 7.85. The highest BCUT2D eigenvalue weighted by Gasteiger charge is 2.44. The van der Waals surface area contributed by atoms with Crippen LogP contribution in [-0.2, 0) is 0 Å². The molecule has 0 N–H and O–H groups in total. The summed E-state index contributed by atoms with van der Waals surface area (Å²) in [5.74, 6) is -2.81. The number of halogens is 2. The van der Waals surface area contributed by atoms with Crippen molar-refractivity contribution in [3.05, 3.63) is 93.7 Å². The van der Waals surface area contributed by atoms with Crippen LogP contribution in [0.1, 0.15) is 33.7 Å². The fraction of sp³-hybridized carbons (Fsp3) is 0.185. The van der Waals surface area contributed by atoms with Gasteiger partial charge in [0.25, 0.3) is 5.92 Å². The third-order valence-corrected chi connectivity index (χ3v) is 8.10. The average molecular weight is 449 g/mol. The van der Waals surface area contributed by atoms with Gasteiger partial charge in [-0.25, -0.2) is 8.78 Å². The van der Waals surface area contributed by atoms with Crippen molar-refractivity contribution in [1.29, 1.82) is 0 Å². The Morgan fingerprint density at radius 1 is 0.710 bits per heavy atom. The molecule has 2 heterocycles. The summed E-state index contributed by atoms with van der Waals surface area (Å²) in [5.41, 5.74) is 4.91. The number of aryl methyl sites for hydroxylation is 2. The summed E-state index contributed by atoms with van der Waals surface area (Å²) in [6.45, 7) is 4.00. The van der Waals surface area contributed by atoms with E-state index in [9.17, 15) is 0 Å². The lowest BCUT2D eigenvalue weighted by molar-refractivity contribution is 0.0661. The quantitative estimate of drug-likeness (QED) is 0.292. The Balaban J connectivity index is 1.65. The highest BCUT2D eigenvalue weighted by molar-refractivity contribution is 7.16. The van der Waals surface area contributed by atoms with Crippen molar-refractivity contribution in [2.24, 2.45) is 0 Å². The highest BCUT2D eigenvalue weighted by Crippen LogP contribution is 2.53. The summed E-state index contributed by atoms with van der Waals surface area (Å²) in [6.07, 6.45) is 0.285. The Bertz CT molecular complexity index is 1260. The van der Waals surface area contributed by atoms with Crippen LogP contribution < -0.4 is 0 Å². The minimum Gasteiger partial charge on any atom is -0.201 e. The fourth-order valence-electron chi connectivity index (χ4n) is 4.38. The molecule has 156 valence electrons. The molecule has 0 bridgehead atoms. The van der Waals surface area contributed by atoms with Crippen LogP contribution >= 0.6 is 22.7 Å². The predicted octanol–water partition coefficient (Wildman–Crippen LogP) is 9.10. The molecule has 31 heavy (non-hydrogen) atoms. The molecule has 4 heteroatoms. The lowest BCUT2D eigenvalue weighted by Gasteiger charge is -2.15. The minimum atomic E-state index is -2.81. The third kappa shape index (κ3) is 3.68. The number of benzene rings is 2. The summed E-state index contributed by atoms with van der Waals surface area (Å²) < 4.78 is 30.5. The Labute approximate surface area is 189 Å². The zero-order chi connectivity index (χ0) is 21.6. The molecule has 1 aliphatic carbocycles. The van der Waals surface area contributed by atoms with E-state index in [0.717, 1.165) is 41.8 Å². The molecule has 5 rings (SSSR count). The van der Waals surface area contributed by atoms with Crippen molar-refractivity contribution in [2.75, 3.05) is 0 Å². The number of alkyl halides is 2.